The van der Waals surface area contributed by atoms with E-state index in [0.29, 0.717) is 0 Å². The second-order valence-electron chi connectivity index (χ2n) is 3.73. The Hall–Kier alpha value is -0.710. The molecule has 0 bridgehead atoms. The molecule has 2 N–H and O–H groups in total. The van der Waals surface area contributed by atoms with Crippen molar-refractivity contribution in [1.82, 2.24) is 4.98 Å². The third-order valence-electron chi connectivity index (χ3n) is 2.61. The lowest BCUT2D eigenvalue weighted by Crippen LogP contribution is -2.14. The van der Waals surface area contributed by atoms with E-state index in [0.717, 1.165) is 10.9 Å². The minimum atomic E-state index is 0.0398. The summed E-state index contributed by atoms with van der Waals surface area (Å²) in [5.41, 5.74) is 10.5. The molecule has 1 heterocycles. The number of hydrogen-bond acceptors (Lipinski definition) is 3. The van der Waals surface area contributed by atoms with Crippen LogP contribution in [-0.4, -0.2) is 4.98 Å². The molecule has 1 atom stereocenters. The van der Waals surface area contributed by atoms with Gasteiger partial charge in [-0.05, 0) is 24.1 Å². The van der Waals surface area contributed by atoms with Crippen molar-refractivity contribution in [2.45, 2.75) is 19.4 Å². The molecule has 0 saturated heterocycles. The van der Waals surface area contributed by atoms with E-state index in [9.17, 15) is 0 Å². The van der Waals surface area contributed by atoms with Crippen molar-refractivity contribution in [3.8, 4) is 0 Å². The zero-order valence-electron chi connectivity index (χ0n) is 8.98. The van der Waals surface area contributed by atoms with Gasteiger partial charge in [-0.25, -0.2) is 0 Å². The van der Waals surface area contributed by atoms with E-state index in [1.165, 1.54) is 16.0 Å². The zero-order valence-corrected chi connectivity index (χ0v) is 11.4. The monoisotopic (exact) mass is 296 g/mol. The van der Waals surface area contributed by atoms with E-state index in [2.05, 4.69) is 33.9 Å². The largest absolute Gasteiger partial charge is 0.324 e. The molecule has 16 heavy (non-hydrogen) atoms. The predicted molar refractivity (Wildman–Crippen MR) is 71.6 cm³/mol. The highest BCUT2D eigenvalue weighted by atomic mass is 79.9. The van der Waals surface area contributed by atoms with E-state index in [4.69, 9.17) is 5.73 Å². The van der Waals surface area contributed by atoms with Crippen LogP contribution in [0.25, 0.3) is 0 Å². The number of aromatic nitrogens is 1. The standard InChI is InChI=1S/C12H13BrN2S/c1-8-10(3-2-4-11(8)13)12(14)5-9-6-15-7-16-9/h2-4,6-7,12H,5,14H2,1H3. The van der Waals surface area contributed by atoms with E-state index in [-0.39, 0.29) is 6.04 Å². The van der Waals surface area contributed by atoms with Crippen LogP contribution >= 0.6 is 27.3 Å². The van der Waals surface area contributed by atoms with Gasteiger partial charge < -0.3 is 5.73 Å². The van der Waals surface area contributed by atoms with Crippen molar-refractivity contribution in [2.24, 2.45) is 5.73 Å². The number of thiazole rings is 1. The van der Waals surface area contributed by atoms with Crippen molar-refractivity contribution in [3.63, 3.8) is 0 Å². The van der Waals surface area contributed by atoms with Gasteiger partial charge in [0.15, 0.2) is 0 Å². The summed E-state index contributed by atoms with van der Waals surface area (Å²) in [5.74, 6) is 0. The summed E-state index contributed by atoms with van der Waals surface area (Å²) in [6.45, 7) is 2.09. The highest BCUT2D eigenvalue weighted by molar-refractivity contribution is 9.10. The summed E-state index contributed by atoms with van der Waals surface area (Å²) in [6, 6.07) is 6.20. The molecule has 1 aromatic heterocycles. The van der Waals surface area contributed by atoms with Crippen LogP contribution in [0, 0.1) is 6.92 Å². The molecule has 0 amide bonds. The molecule has 1 aromatic carbocycles. The second-order valence-corrected chi connectivity index (χ2v) is 5.56. The van der Waals surface area contributed by atoms with Gasteiger partial charge in [-0.1, -0.05) is 28.1 Å². The number of halogens is 1. The molecule has 2 rings (SSSR count). The number of nitrogens with two attached hydrogens (primary N) is 1. The smallest absolute Gasteiger partial charge is 0.0794 e. The maximum Gasteiger partial charge on any atom is 0.0794 e. The number of nitrogens with zero attached hydrogens (tertiary/aromatic N) is 1. The van der Waals surface area contributed by atoms with Gasteiger partial charge >= 0.3 is 0 Å². The van der Waals surface area contributed by atoms with Gasteiger partial charge in [-0.2, -0.15) is 0 Å². The normalized spacial score (nSPS) is 12.7. The summed E-state index contributed by atoms with van der Waals surface area (Å²) in [5, 5.41) is 0. The molecule has 0 radical (unpaired) electrons. The summed E-state index contributed by atoms with van der Waals surface area (Å²) >= 11 is 5.18. The average Bonchev–Trinajstić information content (AvgIpc) is 2.74. The molecule has 0 spiro atoms. The molecule has 2 aromatic rings. The summed E-state index contributed by atoms with van der Waals surface area (Å²) in [7, 11) is 0. The number of hydrogen-bond donors (Lipinski definition) is 1. The highest BCUT2D eigenvalue weighted by Gasteiger charge is 2.11. The minimum absolute atomic E-state index is 0.0398. The Balaban J connectivity index is 2.21. The molecule has 4 heteroatoms. The highest BCUT2D eigenvalue weighted by Crippen LogP contribution is 2.26. The van der Waals surface area contributed by atoms with E-state index in [1.807, 2.05) is 23.8 Å². The molecule has 0 aliphatic carbocycles. The van der Waals surface area contributed by atoms with E-state index >= 15 is 0 Å². The first-order valence-electron chi connectivity index (χ1n) is 5.06. The third kappa shape index (κ3) is 2.51. The molecular weight excluding hydrogens is 284 g/mol. The minimum Gasteiger partial charge on any atom is -0.324 e. The molecular formula is C12H13BrN2S. The Labute approximate surface area is 108 Å². The first-order valence-corrected chi connectivity index (χ1v) is 6.73. The van der Waals surface area contributed by atoms with Gasteiger partial charge in [0.05, 0.1) is 5.51 Å². The molecule has 0 aliphatic rings. The maximum atomic E-state index is 6.21. The fraction of sp³-hybridized carbons (Fsp3) is 0.250. The van der Waals surface area contributed by atoms with Crippen LogP contribution in [0.3, 0.4) is 0 Å². The van der Waals surface area contributed by atoms with Gasteiger partial charge in [-0.15, -0.1) is 11.3 Å². The third-order valence-corrected chi connectivity index (χ3v) is 4.27. The molecule has 84 valence electrons. The zero-order chi connectivity index (χ0) is 11.5. The fourth-order valence-corrected chi connectivity index (χ4v) is 2.73. The Morgan fingerprint density at radius 3 is 3.00 bits per heavy atom. The van der Waals surface area contributed by atoms with Crippen LogP contribution in [0.2, 0.25) is 0 Å². The Morgan fingerprint density at radius 2 is 2.31 bits per heavy atom. The summed E-state index contributed by atoms with van der Waals surface area (Å²) in [4.78, 5) is 5.29. The second kappa shape index (κ2) is 5.08. The summed E-state index contributed by atoms with van der Waals surface area (Å²) < 4.78 is 1.12. The SMILES string of the molecule is Cc1c(Br)cccc1C(N)Cc1cncs1. The average molecular weight is 297 g/mol. The number of rotatable bonds is 3. The lowest BCUT2D eigenvalue weighted by Gasteiger charge is -2.14. The quantitative estimate of drug-likeness (QED) is 0.942. The van der Waals surface area contributed by atoms with Crippen LogP contribution in [0.1, 0.15) is 22.0 Å². The van der Waals surface area contributed by atoms with E-state index < -0.39 is 0 Å². The topological polar surface area (TPSA) is 38.9 Å². The number of benzene rings is 1. The Bertz CT molecular complexity index is 468. The van der Waals surface area contributed by atoms with Crippen LogP contribution in [0.5, 0.6) is 0 Å². The van der Waals surface area contributed by atoms with Crippen molar-refractivity contribution < 1.29 is 0 Å². The maximum absolute atomic E-state index is 6.21. The molecule has 0 aliphatic heterocycles. The van der Waals surface area contributed by atoms with Gasteiger partial charge in [0.2, 0.25) is 0 Å². The van der Waals surface area contributed by atoms with Crippen molar-refractivity contribution in [1.29, 1.82) is 0 Å². The molecule has 0 saturated carbocycles. The van der Waals surface area contributed by atoms with Crippen LogP contribution in [0.4, 0.5) is 0 Å². The van der Waals surface area contributed by atoms with Crippen LogP contribution in [0.15, 0.2) is 34.4 Å². The van der Waals surface area contributed by atoms with Crippen LogP contribution < -0.4 is 5.73 Å². The van der Waals surface area contributed by atoms with Crippen LogP contribution in [-0.2, 0) is 6.42 Å². The van der Waals surface area contributed by atoms with Crippen molar-refractivity contribution in [2.75, 3.05) is 0 Å². The predicted octanol–water partition coefficient (Wildman–Crippen LogP) is 3.46. The first-order chi connectivity index (χ1) is 7.68. The molecule has 2 nitrogen and oxygen atoms in total. The van der Waals surface area contributed by atoms with Gasteiger partial charge in [0.1, 0.15) is 0 Å². The lowest BCUT2D eigenvalue weighted by atomic mass is 9.99. The van der Waals surface area contributed by atoms with Gasteiger partial charge in [0.25, 0.3) is 0 Å². The van der Waals surface area contributed by atoms with E-state index in [1.54, 1.807) is 11.3 Å². The van der Waals surface area contributed by atoms with Crippen molar-refractivity contribution in [3.05, 3.63) is 50.4 Å². The Kier molecular flexibility index (Phi) is 3.74. The van der Waals surface area contributed by atoms with Gasteiger partial charge in [-0.3, -0.25) is 4.98 Å². The Morgan fingerprint density at radius 1 is 1.50 bits per heavy atom. The first kappa shape index (κ1) is 11.8. The lowest BCUT2D eigenvalue weighted by molar-refractivity contribution is 0.723. The van der Waals surface area contributed by atoms with Crippen molar-refractivity contribution >= 4 is 27.3 Å². The summed E-state index contributed by atoms with van der Waals surface area (Å²) in [6.07, 6.45) is 2.74. The fourth-order valence-electron chi connectivity index (χ4n) is 1.70. The van der Waals surface area contributed by atoms with Gasteiger partial charge in [0, 0.05) is 28.0 Å². The molecule has 0 fully saturated rings. The molecule has 1 unspecified atom stereocenters.